The highest BCUT2D eigenvalue weighted by atomic mass is 16.6. The highest BCUT2D eigenvalue weighted by molar-refractivity contribution is 5.86. The van der Waals surface area contributed by atoms with Crippen molar-refractivity contribution in [2.75, 3.05) is 13.1 Å². The average molecular weight is 296 g/mol. The fourth-order valence-electron chi connectivity index (χ4n) is 2.40. The summed E-state index contributed by atoms with van der Waals surface area (Å²) in [7, 11) is 0. The number of aromatic nitrogens is 1. The first-order chi connectivity index (χ1) is 9.78. The summed E-state index contributed by atoms with van der Waals surface area (Å²) in [6.45, 7) is 6.55. The van der Waals surface area contributed by atoms with E-state index in [-0.39, 0.29) is 17.8 Å². The molecule has 21 heavy (non-hydrogen) atoms. The van der Waals surface area contributed by atoms with Crippen molar-refractivity contribution in [2.45, 2.75) is 45.1 Å². The second-order valence-corrected chi connectivity index (χ2v) is 6.16. The predicted molar refractivity (Wildman–Crippen MR) is 73.2 cm³/mol. The molecule has 0 aliphatic carbocycles. The molecule has 2 heterocycles. The number of carbonyl (C=O) groups is 2. The van der Waals surface area contributed by atoms with Gasteiger partial charge in [0, 0.05) is 18.7 Å². The van der Waals surface area contributed by atoms with Gasteiger partial charge >= 0.3 is 12.1 Å². The molecule has 1 aliphatic rings. The lowest BCUT2D eigenvalue weighted by Crippen LogP contribution is -2.41. The molecule has 1 aliphatic heterocycles. The molecular weight excluding hydrogens is 276 g/mol. The molecule has 1 aromatic rings. The fourth-order valence-corrected chi connectivity index (χ4v) is 2.40. The zero-order chi connectivity index (χ0) is 15.6. The molecule has 0 aromatic carbocycles. The van der Waals surface area contributed by atoms with E-state index in [1.54, 1.807) is 4.90 Å². The summed E-state index contributed by atoms with van der Waals surface area (Å²) < 4.78 is 10.1. The summed E-state index contributed by atoms with van der Waals surface area (Å²) >= 11 is 0. The molecule has 0 bridgehead atoms. The molecule has 0 saturated carbocycles. The van der Waals surface area contributed by atoms with Crippen molar-refractivity contribution in [3.8, 4) is 0 Å². The monoisotopic (exact) mass is 296 g/mol. The Balaban J connectivity index is 1.96. The topological polar surface area (TPSA) is 92.9 Å². The highest BCUT2D eigenvalue weighted by Gasteiger charge is 2.30. The van der Waals surface area contributed by atoms with Gasteiger partial charge in [-0.3, -0.25) is 0 Å². The minimum absolute atomic E-state index is 0.0426. The zero-order valence-corrected chi connectivity index (χ0v) is 12.5. The van der Waals surface area contributed by atoms with Crippen LogP contribution in [0.1, 0.15) is 55.6 Å². The van der Waals surface area contributed by atoms with E-state index in [0.29, 0.717) is 31.5 Å². The number of carbonyl (C=O) groups excluding carboxylic acids is 1. The maximum atomic E-state index is 12.0. The lowest BCUT2D eigenvalue weighted by molar-refractivity contribution is 0.0203. The normalized spacial score (nSPS) is 16.8. The molecule has 1 amide bonds. The Morgan fingerprint density at radius 2 is 2.00 bits per heavy atom. The van der Waals surface area contributed by atoms with Gasteiger partial charge in [-0.2, -0.15) is 0 Å². The van der Waals surface area contributed by atoms with Crippen molar-refractivity contribution in [2.24, 2.45) is 0 Å². The number of rotatable bonds is 2. The van der Waals surface area contributed by atoms with Gasteiger partial charge in [-0.15, -0.1) is 0 Å². The molecule has 0 atom stereocenters. The summed E-state index contributed by atoms with van der Waals surface area (Å²) in [5.41, 5.74) is 0.0881. The first kappa shape index (κ1) is 15.3. The molecule has 1 fully saturated rings. The van der Waals surface area contributed by atoms with Crippen molar-refractivity contribution >= 4 is 12.1 Å². The number of hydrogen-bond acceptors (Lipinski definition) is 5. The molecule has 0 radical (unpaired) electrons. The number of aromatic carboxylic acids is 1. The lowest BCUT2D eigenvalue weighted by atomic mass is 9.90. The predicted octanol–water partition coefficient (Wildman–Crippen LogP) is 2.49. The van der Waals surface area contributed by atoms with E-state index in [0.717, 1.165) is 0 Å². The maximum Gasteiger partial charge on any atom is 0.410 e. The van der Waals surface area contributed by atoms with E-state index in [4.69, 9.17) is 14.4 Å². The average Bonchev–Trinajstić information content (AvgIpc) is 2.86. The largest absolute Gasteiger partial charge is 0.475 e. The Morgan fingerprint density at radius 3 is 2.52 bits per heavy atom. The molecule has 0 spiro atoms. The standard InChI is InChI=1S/C14H20N2O5/c1-14(2,3)20-13(19)16-6-4-9(5-7-16)10-8-15-21-11(10)12(17)18/h8-9H,4-7H2,1-3H3,(H,17,18). The quantitative estimate of drug-likeness (QED) is 0.901. The molecule has 1 N–H and O–H groups in total. The number of piperidine rings is 1. The van der Waals surface area contributed by atoms with E-state index in [9.17, 15) is 9.59 Å². The van der Waals surface area contributed by atoms with Gasteiger partial charge in [0.2, 0.25) is 5.76 Å². The van der Waals surface area contributed by atoms with Crippen LogP contribution in [0.25, 0.3) is 0 Å². The second kappa shape index (κ2) is 5.75. The number of ether oxygens (including phenoxy) is 1. The fraction of sp³-hybridized carbons (Fsp3) is 0.643. The van der Waals surface area contributed by atoms with Crippen LogP contribution in [0.15, 0.2) is 10.7 Å². The van der Waals surface area contributed by atoms with Crippen LogP contribution in [0.3, 0.4) is 0 Å². The van der Waals surface area contributed by atoms with Crippen LogP contribution in [0.4, 0.5) is 4.79 Å². The van der Waals surface area contributed by atoms with Crippen LogP contribution in [0.5, 0.6) is 0 Å². The number of carboxylic acids is 1. The second-order valence-electron chi connectivity index (χ2n) is 6.16. The summed E-state index contributed by atoms with van der Waals surface area (Å²) in [6.07, 6.45) is 2.46. The van der Waals surface area contributed by atoms with E-state index >= 15 is 0 Å². The minimum atomic E-state index is -1.11. The first-order valence-electron chi connectivity index (χ1n) is 6.93. The Bertz CT molecular complexity index is 524. The summed E-state index contributed by atoms with van der Waals surface area (Å²) in [6, 6.07) is 0. The lowest BCUT2D eigenvalue weighted by Gasteiger charge is -2.33. The Kier molecular flexibility index (Phi) is 4.20. The molecule has 0 unspecified atom stereocenters. The number of hydrogen-bond donors (Lipinski definition) is 1. The van der Waals surface area contributed by atoms with Crippen molar-refractivity contribution in [3.05, 3.63) is 17.5 Å². The third-order valence-electron chi connectivity index (χ3n) is 3.38. The minimum Gasteiger partial charge on any atom is -0.475 e. The van der Waals surface area contributed by atoms with Crippen molar-refractivity contribution in [3.63, 3.8) is 0 Å². The van der Waals surface area contributed by atoms with Gasteiger partial charge in [-0.25, -0.2) is 9.59 Å². The molecule has 1 saturated heterocycles. The van der Waals surface area contributed by atoms with Gasteiger partial charge in [-0.05, 0) is 39.5 Å². The Morgan fingerprint density at radius 1 is 1.38 bits per heavy atom. The molecule has 7 nitrogen and oxygen atoms in total. The van der Waals surface area contributed by atoms with E-state index in [2.05, 4.69) is 5.16 Å². The molecule has 1 aromatic heterocycles. The Hall–Kier alpha value is -2.05. The van der Waals surface area contributed by atoms with Crippen LogP contribution in [-0.4, -0.2) is 45.9 Å². The van der Waals surface area contributed by atoms with Gasteiger partial charge in [-0.1, -0.05) is 5.16 Å². The van der Waals surface area contributed by atoms with E-state index in [1.807, 2.05) is 20.8 Å². The van der Waals surface area contributed by atoms with E-state index < -0.39 is 11.6 Å². The summed E-state index contributed by atoms with van der Waals surface area (Å²) in [5, 5.41) is 12.6. The molecule has 116 valence electrons. The summed E-state index contributed by atoms with van der Waals surface area (Å²) in [4.78, 5) is 24.6. The first-order valence-corrected chi connectivity index (χ1v) is 6.93. The van der Waals surface area contributed by atoms with Crippen molar-refractivity contribution < 1.29 is 24.0 Å². The summed E-state index contributed by atoms with van der Waals surface area (Å²) in [5.74, 6) is -1.18. The maximum absolute atomic E-state index is 12.0. The van der Waals surface area contributed by atoms with E-state index in [1.165, 1.54) is 6.20 Å². The molecule has 2 rings (SSSR count). The van der Waals surface area contributed by atoms with Gasteiger partial charge in [0.15, 0.2) is 0 Å². The van der Waals surface area contributed by atoms with Gasteiger partial charge in [0.25, 0.3) is 0 Å². The van der Waals surface area contributed by atoms with Crippen LogP contribution >= 0.6 is 0 Å². The van der Waals surface area contributed by atoms with Gasteiger partial charge in [0.05, 0.1) is 6.20 Å². The zero-order valence-electron chi connectivity index (χ0n) is 12.5. The van der Waals surface area contributed by atoms with Crippen molar-refractivity contribution in [1.29, 1.82) is 0 Å². The van der Waals surface area contributed by atoms with Crippen molar-refractivity contribution in [1.82, 2.24) is 10.1 Å². The number of nitrogens with zero attached hydrogens (tertiary/aromatic N) is 2. The van der Waals surface area contributed by atoms with Crippen LogP contribution in [0, 0.1) is 0 Å². The Labute approximate surface area is 122 Å². The van der Waals surface area contributed by atoms with Crippen LogP contribution in [-0.2, 0) is 4.74 Å². The molecule has 7 heteroatoms. The third-order valence-corrected chi connectivity index (χ3v) is 3.38. The van der Waals surface area contributed by atoms with Gasteiger partial charge < -0.3 is 19.3 Å². The highest BCUT2D eigenvalue weighted by Crippen LogP contribution is 2.30. The van der Waals surface area contributed by atoms with Crippen LogP contribution < -0.4 is 0 Å². The number of likely N-dealkylation sites (tertiary alicyclic amines) is 1. The number of carboxylic acid groups (broad SMARTS) is 1. The van der Waals surface area contributed by atoms with Crippen LogP contribution in [0.2, 0.25) is 0 Å². The third kappa shape index (κ3) is 3.74. The SMILES string of the molecule is CC(C)(C)OC(=O)N1CCC(c2cnoc2C(=O)O)CC1. The molecular formula is C14H20N2O5. The number of amides is 1. The van der Waals surface area contributed by atoms with Gasteiger partial charge in [0.1, 0.15) is 5.60 Å². The smallest absolute Gasteiger partial charge is 0.410 e.